The van der Waals surface area contributed by atoms with E-state index < -0.39 is 0 Å². The van der Waals surface area contributed by atoms with Gasteiger partial charge in [0.25, 0.3) is 5.91 Å². The quantitative estimate of drug-likeness (QED) is 0.757. The number of amides is 1. The second-order valence-corrected chi connectivity index (χ2v) is 3.99. The monoisotopic (exact) mass is 235 g/mol. The number of aldehydes is 1. The summed E-state index contributed by atoms with van der Waals surface area (Å²) in [5.41, 5.74) is 0.792. The molecule has 0 aliphatic rings. The third-order valence-corrected chi connectivity index (χ3v) is 2.08. The van der Waals surface area contributed by atoms with Crippen LogP contribution in [-0.2, 0) is 16.0 Å². The SMILES string of the molecule is CC(C)NC(=O)COc1ccccc1CC=O. The zero-order valence-electron chi connectivity index (χ0n) is 10.1. The molecule has 1 aromatic carbocycles. The van der Waals surface area contributed by atoms with Gasteiger partial charge < -0.3 is 14.8 Å². The summed E-state index contributed by atoms with van der Waals surface area (Å²) in [6.07, 6.45) is 1.11. The van der Waals surface area contributed by atoms with Crippen molar-refractivity contribution in [3.05, 3.63) is 29.8 Å². The van der Waals surface area contributed by atoms with Crippen molar-refractivity contribution in [2.75, 3.05) is 6.61 Å². The lowest BCUT2D eigenvalue weighted by Crippen LogP contribution is -2.34. The van der Waals surface area contributed by atoms with E-state index in [-0.39, 0.29) is 18.6 Å². The van der Waals surface area contributed by atoms with E-state index in [4.69, 9.17) is 4.74 Å². The highest BCUT2D eigenvalue weighted by molar-refractivity contribution is 5.77. The van der Waals surface area contributed by atoms with E-state index in [1.807, 2.05) is 32.0 Å². The second kappa shape index (κ2) is 6.68. The van der Waals surface area contributed by atoms with Gasteiger partial charge in [0.05, 0.1) is 0 Å². The van der Waals surface area contributed by atoms with E-state index in [1.54, 1.807) is 6.07 Å². The first-order chi connectivity index (χ1) is 8.13. The Morgan fingerprint density at radius 2 is 2.12 bits per heavy atom. The highest BCUT2D eigenvalue weighted by Gasteiger charge is 2.06. The van der Waals surface area contributed by atoms with Crippen LogP contribution in [0.3, 0.4) is 0 Å². The molecule has 0 saturated carbocycles. The van der Waals surface area contributed by atoms with Gasteiger partial charge in [0.1, 0.15) is 12.0 Å². The summed E-state index contributed by atoms with van der Waals surface area (Å²) >= 11 is 0. The van der Waals surface area contributed by atoms with Crippen molar-refractivity contribution in [3.63, 3.8) is 0 Å². The molecule has 0 aliphatic heterocycles. The Balaban J connectivity index is 2.56. The van der Waals surface area contributed by atoms with E-state index in [2.05, 4.69) is 5.32 Å². The van der Waals surface area contributed by atoms with Crippen LogP contribution >= 0.6 is 0 Å². The molecule has 1 rings (SSSR count). The molecule has 0 fully saturated rings. The molecule has 4 heteroatoms. The van der Waals surface area contributed by atoms with Gasteiger partial charge in [-0.25, -0.2) is 0 Å². The van der Waals surface area contributed by atoms with Crippen LogP contribution in [0.1, 0.15) is 19.4 Å². The molecule has 1 N–H and O–H groups in total. The van der Waals surface area contributed by atoms with Gasteiger partial charge in [-0.1, -0.05) is 18.2 Å². The number of carbonyl (C=O) groups excluding carboxylic acids is 2. The minimum absolute atomic E-state index is 0.0337. The summed E-state index contributed by atoms with van der Waals surface area (Å²) in [4.78, 5) is 21.9. The highest BCUT2D eigenvalue weighted by Crippen LogP contribution is 2.17. The molecular weight excluding hydrogens is 218 g/mol. The molecule has 0 heterocycles. The summed E-state index contributed by atoms with van der Waals surface area (Å²) in [7, 11) is 0. The zero-order chi connectivity index (χ0) is 12.7. The summed E-state index contributed by atoms with van der Waals surface area (Å²) in [6.45, 7) is 3.74. The molecule has 4 nitrogen and oxygen atoms in total. The van der Waals surface area contributed by atoms with Gasteiger partial charge in [0.15, 0.2) is 6.61 Å². The number of hydrogen-bond acceptors (Lipinski definition) is 3. The van der Waals surface area contributed by atoms with Crippen molar-refractivity contribution < 1.29 is 14.3 Å². The van der Waals surface area contributed by atoms with E-state index >= 15 is 0 Å². The fraction of sp³-hybridized carbons (Fsp3) is 0.385. The third kappa shape index (κ3) is 4.68. The summed E-state index contributed by atoms with van der Waals surface area (Å²) in [5.74, 6) is 0.416. The number of nitrogens with one attached hydrogen (secondary N) is 1. The minimum Gasteiger partial charge on any atom is -0.483 e. The van der Waals surface area contributed by atoms with Crippen molar-refractivity contribution in [1.82, 2.24) is 5.32 Å². The van der Waals surface area contributed by atoms with Crippen LogP contribution in [0.15, 0.2) is 24.3 Å². The highest BCUT2D eigenvalue weighted by atomic mass is 16.5. The Morgan fingerprint density at radius 3 is 2.76 bits per heavy atom. The summed E-state index contributed by atoms with van der Waals surface area (Å²) < 4.78 is 5.38. The van der Waals surface area contributed by atoms with E-state index in [0.29, 0.717) is 12.2 Å². The molecular formula is C13H17NO3. The van der Waals surface area contributed by atoms with Crippen molar-refractivity contribution in [2.45, 2.75) is 26.3 Å². The Kier molecular flexibility index (Phi) is 5.20. The average molecular weight is 235 g/mol. The summed E-state index contributed by atoms with van der Waals surface area (Å²) in [5, 5.41) is 2.73. The molecule has 0 aliphatic carbocycles. The maximum absolute atomic E-state index is 11.4. The number of benzene rings is 1. The van der Waals surface area contributed by atoms with Crippen LogP contribution in [0.25, 0.3) is 0 Å². The standard InChI is InChI=1S/C13H17NO3/c1-10(2)14-13(16)9-17-12-6-4-3-5-11(12)7-8-15/h3-6,8,10H,7,9H2,1-2H3,(H,14,16). The molecule has 0 radical (unpaired) electrons. The summed E-state index contributed by atoms with van der Waals surface area (Å²) in [6, 6.07) is 7.30. The Labute approximate surface area is 101 Å². The van der Waals surface area contributed by atoms with Gasteiger partial charge in [-0.15, -0.1) is 0 Å². The number of ether oxygens (including phenoxy) is 1. The Hall–Kier alpha value is -1.84. The second-order valence-electron chi connectivity index (χ2n) is 3.99. The molecule has 17 heavy (non-hydrogen) atoms. The van der Waals surface area contributed by atoms with Gasteiger partial charge >= 0.3 is 0 Å². The first kappa shape index (κ1) is 13.2. The molecule has 0 unspecified atom stereocenters. The molecule has 0 aromatic heterocycles. The van der Waals surface area contributed by atoms with Gasteiger partial charge in [-0.05, 0) is 19.9 Å². The third-order valence-electron chi connectivity index (χ3n) is 2.08. The molecule has 0 saturated heterocycles. The lowest BCUT2D eigenvalue weighted by atomic mass is 10.1. The normalized spacial score (nSPS) is 10.1. The predicted octanol–water partition coefficient (Wildman–Crippen LogP) is 1.33. The van der Waals surface area contributed by atoms with Gasteiger partial charge in [0, 0.05) is 18.0 Å². The largest absolute Gasteiger partial charge is 0.483 e. The van der Waals surface area contributed by atoms with Gasteiger partial charge in [-0.3, -0.25) is 4.79 Å². The minimum atomic E-state index is -0.166. The predicted molar refractivity (Wildman–Crippen MR) is 65.0 cm³/mol. The maximum Gasteiger partial charge on any atom is 0.258 e. The first-order valence-corrected chi connectivity index (χ1v) is 5.57. The molecule has 1 amide bonds. The van der Waals surface area contributed by atoms with Crippen molar-refractivity contribution in [3.8, 4) is 5.75 Å². The van der Waals surface area contributed by atoms with Crippen LogP contribution in [0, 0.1) is 0 Å². The number of rotatable bonds is 6. The lowest BCUT2D eigenvalue weighted by Gasteiger charge is -2.11. The fourth-order valence-corrected chi connectivity index (χ4v) is 1.41. The van der Waals surface area contributed by atoms with Crippen LogP contribution in [0.2, 0.25) is 0 Å². The molecule has 92 valence electrons. The Bertz CT molecular complexity index is 388. The molecule has 1 aromatic rings. The zero-order valence-corrected chi connectivity index (χ0v) is 10.1. The van der Waals surface area contributed by atoms with Gasteiger partial charge in [-0.2, -0.15) is 0 Å². The van der Waals surface area contributed by atoms with Gasteiger partial charge in [0.2, 0.25) is 0 Å². The number of carbonyl (C=O) groups is 2. The number of hydrogen-bond donors (Lipinski definition) is 1. The molecule has 0 bridgehead atoms. The van der Waals surface area contributed by atoms with Crippen molar-refractivity contribution in [2.24, 2.45) is 0 Å². The number of para-hydroxylation sites is 1. The van der Waals surface area contributed by atoms with Crippen LogP contribution < -0.4 is 10.1 Å². The van der Waals surface area contributed by atoms with E-state index in [9.17, 15) is 9.59 Å². The smallest absolute Gasteiger partial charge is 0.258 e. The Morgan fingerprint density at radius 1 is 1.41 bits per heavy atom. The lowest BCUT2D eigenvalue weighted by molar-refractivity contribution is -0.123. The first-order valence-electron chi connectivity index (χ1n) is 5.57. The van der Waals surface area contributed by atoms with Crippen molar-refractivity contribution >= 4 is 12.2 Å². The van der Waals surface area contributed by atoms with Crippen LogP contribution in [-0.4, -0.2) is 24.8 Å². The molecule has 0 atom stereocenters. The van der Waals surface area contributed by atoms with Crippen LogP contribution in [0.4, 0.5) is 0 Å². The van der Waals surface area contributed by atoms with Crippen LogP contribution in [0.5, 0.6) is 5.75 Å². The average Bonchev–Trinajstić information content (AvgIpc) is 2.27. The van der Waals surface area contributed by atoms with E-state index in [1.165, 1.54) is 0 Å². The van der Waals surface area contributed by atoms with Crippen molar-refractivity contribution in [1.29, 1.82) is 0 Å². The van der Waals surface area contributed by atoms with E-state index in [0.717, 1.165) is 11.8 Å². The molecule has 0 spiro atoms. The topological polar surface area (TPSA) is 55.4 Å². The fourth-order valence-electron chi connectivity index (χ4n) is 1.41. The maximum atomic E-state index is 11.4.